The van der Waals surface area contributed by atoms with Gasteiger partial charge in [-0.05, 0) is 13.8 Å². The first kappa shape index (κ1) is 16.3. The quantitative estimate of drug-likeness (QED) is 0.586. The first-order valence-electron chi connectivity index (χ1n) is 4.50. The highest BCUT2D eigenvalue weighted by Crippen LogP contribution is 2.21. The molecule has 0 bridgehead atoms. The van der Waals surface area contributed by atoms with E-state index in [0.29, 0.717) is 5.82 Å². The Hall–Kier alpha value is -0.720. The van der Waals surface area contributed by atoms with Gasteiger partial charge in [-0.25, -0.2) is 14.8 Å². The zero-order chi connectivity index (χ0) is 12.3. The van der Waals surface area contributed by atoms with Gasteiger partial charge in [0, 0.05) is 10.8 Å². The molecule has 0 aromatic carbocycles. The van der Waals surface area contributed by atoms with E-state index >= 15 is 0 Å². The fourth-order valence-electron chi connectivity index (χ4n) is 1.10. The summed E-state index contributed by atoms with van der Waals surface area (Å²) < 4.78 is -0.733. The molecule has 8 heteroatoms. The van der Waals surface area contributed by atoms with Crippen LogP contribution in [0.1, 0.15) is 13.8 Å². The fraction of sp³-hybridized carbons (Fsp3) is 0.444. The minimum atomic E-state index is -1.00. The summed E-state index contributed by atoms with van der Waals surface area (Å²) in [5.41, 5.74) is 0. The number of anilines is 1. The Bertz CT molecular complexity index is 398. The van der Waals surface area contributed by atoms with Gasteiger partial charge in [0.15, 0.2) is 0 Å². The molecule has 1 aromatic rings. The van der Waals surface area contributed by atoms with Crippen LogP contribution in [0.5, 0.6) is 0 Å². The van der Waals surface area contributed by atoms with Crippen molar-refractivity contribution < 1.29 is 9.90 Å². The van der Waals surface area contributed by atoms with Gasteiger partial charge in [0.25, 0.3) is 0 Å². The first-order chi connectivity index (χ1) is 7.30. The molecular formula is C9H13Cl2N3O2S. The van der Waals surface area contributed by atoms with Gasteiger partial charge in [0.05, 0.1) is 0 Å². The summed E-state index contributed by atoms with van der Waals surface area (Å²) in [5, 5.41) is 12.0. The van der Waals surface area contributed by atoms with E-state index in [2.05, 4.69) is 27.9 Å². The predicted molar refractivity (Wildman–Crippen MR) is 72.4 cm³/mol. The molecule has 1 rings (SSSR count). The summed E-state index contributed by atoms with van der Waals surface area (Å²) in [6, 6.07) is 0.582. The maximum absolute atomic E-state index is 11.0. The Morgan fingerprint density at radius 3 is 2.59 bits per heavy atom. The molecule has 0 amide bonds. The molecule has 0 aliphatic carbocycles. The van der Waals surface area contributed by atoms with Crippen molar-refractivity contribution in [3.8, 4) is 0 Å². The van der Waals surface area contributed by atoms with Crippen LogP contribution in [0.2, 0.25) is 5.15 Å². The summed E-state index contributed by atoms with van der Waals surface area (Å²) in [5.74, 6) is -0.649. The second-order valence-electron chi connectivity index (χ2n) is 3.80. The number of thiol groups is 1. The molecule has 0 aliphatic rings. The lowest BCUT2D eigenvalue weighted by atomic mass is 10.0. The summed E-state index contributed by atoms with van der Waals surface area (Å²) >= 11 is 9.89. The van der Waals surface area contributed by atoms with Crippen molar-refractivity contribution in [3.05, 3.63) is 17.5 Å². The van der Waals surface area contributed by atoms with Gasteiger partial charge >= 0.3 is 5.97 Å². The monoisotopic (exact) mass is 297 g/mol. The lowest BCUT2D eigenvalue weighted by Gasteiger charge is -2.27. The van der Waals surface area contributed by atoms with E-state index in [-0.39, 0.29) is 17.6 Å². The summed E-state index contributed by atoms with van der Waals surface area (Å²) in [4.78, 5) is 18.6. The van der Waals surface area contributed by atoms with E-state index in [1.54, 1.807) is 13.8 Å². The molecule has 0 saturated heterocycles. The van der Waals surface area contributed by atoms with Crippen molar-refractivity contribution in [1.29, 1.82) is 0 Å². The van der Waals surface area contributed by atoms with Gasteiger partial charge in [-0.2, -0.15) is 12.6 Å². The Balaban J connectivity index is 0.00000256. The van der Waals surface area contributed by atoms with Crippen LogP contribution in [0.15, 0.2) is 12.4 Å². The predicted octanol–water partition coefficient (Wildman–Crippen LogP) is 2.13. The molecular weight excluding hydrogens is 285 g/mol. The highest BCUT2D eigenvalue weighted by atomic mass is 35.5. The second kappa shape index (κ2) is 6.28. The zero-order valence-corrected chi connectivity index (χ0v) is 11.7. The van der Waals surface area contributed by atoms with Crippen molar-refractivity contribution in [3.63, 3.8) is 0 Å². The Kier molecular flexibility index (Phi) is 6.01. The van der Waals surface area contributed by atoms with Crippen LogP contribution >= 0.6 is 36.6 Å². The van der Waals surface area contributed by atoms with Crippen LogP contribution in [0.4, 0.5) is 5.82 Å². The number of carboxylic acids is 1. The number of carboxylic acid groups (broad SMARTS) is 1. The van der Waals surface area contributed by atoms with E-state index in [1.807, 2.05) is 0 Å². The average Bonchev–Trinajstić information content (AvgIpc) is 2.12. The molecule has 0 spiro atoms. The molecule has 0 fully saturated rings. The van der Waals surface area contributed by atoms with Crippen molar-refractivity contribution in [2.24, 2.45) is 0 Å². The zero-order valence-electron chi connectivity index (χ0n) is 9.22. The largest absolute Gasteiger partial charge is 0.480 e. The third-order valence-corrected chi connectivity index (χ3v) is 2.34. The number of nitrogens with one attached hydrogen (secondary N) is 1. The summed E-state index contributed by atoms with van der Waals surface area (Å²) in [6.45, 7) is 3.40. The van der Waals surface area contributed by atoms with Crippen LogP contribution in [-0.4, -0.2) is 31.8 Å². The van der Waals surface area contributed by atoms with Gasteiger partial charge in [0.1, 0.15) is 23.3 Å². The lowest BCUT2D eigenvalue weighted by Crippen LogP contribution is -2.44. The van der Waals surface area contributed by atoms with Crippen LogP contribution in [0.3, 0.4) is 0 Å². The summed E-state index contributed by atoms with van der Waals surface area (Å²) in [7, 11) is 0. The maximum Gasteiger partial charge on any atom is 0.327 e. The van der Waals surface area contributed by atoms with E-state index in [1.165, 1.54) is 12.4 Å². The molecule has 0 radical (unpaired) electrons. The van der Waals surface area contributed by atoms with Crippen molar-refractivity contribution in [2.75, 3.05) is 5.32 Å². The minimum Gasteiger partial charge on any atom is -0.480 e. The molecule has 96 valence electrons. The highest BCUT2D eigenvalue weighted by molar-refractivity contribution is 7.81. The number of nitrogens with zero attached hydrogens (tertiary/aromatic N) is 2. The molecule has 1 unspecified atom stereocenters. The molecule has 2 N–H and O–H groups in total. The maximum atomic E-state index is 11.0. The molecule has 17 heavy (non-hydrogen) atoms. The Labute approximate surface area is 116 Å². The van der Waals surface area contributed by atoms with E-state index in [4.69, 9.17) is 16.7 Å². The standard InChI is InChI=1S/C9H12ClN3O2S.ClH/c1-9(2,16)7(8(14)15)13-6-3-5(10)11-4-12-6;/h3-4,7,16H,1-2H3,(H,14,15)(H,11,12,13);1H. The second-order valence-corrected chi connectivity index (χ2v) is 5.34. The number of hydrogen-bond acceptors (Lipinski definition) is 5. The molecule has 5 nitrogen and oxygen atoms in total. The van der Waals surface area contributed by atoms with Crippen LogP contribution in [0, 0.1) is 0 Å². The fourth-order valence-corrected chi connectivity index (χ4v) is 1.42. The van der Waals surface area contributed by atoms with Crippen molar-refractivity contribution >= 4 is 48.4 Å². The summed E-state index contributed by atoms with van der Waals surface area (Å²) in [6.07, 6.45) is 1.26. The average molecular weight is 298 g/mol. The van der Waals surface area contributed by atoms with Gasteiger partial charge in [0.2, 0.25) is 0 Å². The number of hydrogen-bond donors (Lipinski definition) is 3. The van der Waals surface area contributed by atoms with Crippen LogP contribution in [0.25, 0.3) is 0 Å². The number of aliphatic carboxylic acids is 1. The molecule has 1 heterocycles. The lowest BCUT2D eigenvalue weighted by molar-refractivity contribution is -0.138. The SMILES string of the molecule is CC(C)(S)C(Nc1cc(Cl)ncn1)C(=O)O.Cl. The first-order valence-corrected chi connectivity index (χ1v) is 5.32. The van der Waals surface area contributed by atoms with E-state index < -0.39 is 16.8 Å². The van der Waals surface area contributed by atoms with Crippen molar-refractivity contribution in [1.82, 2.24) is 9.97 Å². The highest BCUT2D eigenvalue weighted by Gasteiger charge is 2.32. The smallest absolute Gasteiger partial charge is 0.327 e. The van der Waals surface area contributed by atoms with Crippen LogP contribution in [-0.2, 0) is 4.79 Å². The number of aromatic nitrogens is 2. The minimum absolute atomic E-state index is 0. The number of carbonyl (C=O) groups is 1. The molecule has 0 aliphatic heterocycles. The molecule has 1 aromatic heterocycles. The van der Waals surface area contributed by atoms with E-state index in [0.717, 1.165) is 0 Å². The number of rotatable bonds is 4. The Morgan fingerprint density at radius 2 is 2.18 bits per heavy atom. The van der Waals surface area contributed by atoms with E-state index in [9.17, 15) is 4.79 Å². The third kappa shape index (κ3) is 4.97. The number of halogens is 2. The van der Waals surface area contributed by atoms with Crippen molar-refractivity contribution in [2.45, 2.75) is 24.6 Å². The Morgan fingerprint density at radius 1 is 1.59 bits per heavy atom. The third-order valence-electron chi connectivity index (χ3n) is 1.88. The van der Waals surface area contributed by atoms with Gasteiger partial charge in [-0.15, -0.1) is 12.4 Å². The topological polar surface area (TPSA) is 75.1 Å². The van der Waals surface area contributed by atoms with Gasteiger partial charge in [-0.3, -0.25) is 0 Å². The van der Waals surface area contributed by atoms with Gasteiger partial charge in [-0.1, -0.05) is 11.6 Å². The molecule has 0 saturated carbocycles. The molecule has 1 atom stereocenters. The van der Waals surface area contributed by atoms with Gasteiger partial charge < -0.3 is 10.4 Å². The van der Waals surface area contributed by atoms with Crippen LogP contribution < -0.4 is 5.32 Å². The normalized spacial score (nSPS) is 12.5.